The summed E-state index contributed by atoms with van der Waals surface area (Å²) in [7, 11) is 0. The summed E-state index contributed by atoms with van der Waals surface area (Å²) in [5.74, 6) is 0. The molecule has 0 saturated carbocycles. The Bertz CT molecular complexity index is 443. The molecule has 0 radical (unpaired) electrons. The van der Waals surface area contributed by atoms with Gasteiger partial charge in [0.05, 0.1) is 12.1 Å². The van der Waals surface area contributed by atoms with E-state index in [1.807, 2.05) is 18.7 Å². The number of hydrogen-bond donors (Lipinski definition) is 1. The number of aliphatic hydroxyl groups is 1. The summed E-state index contributed by atoms with van der Waals surface area (Å²) in [4.78, 5) is 2.05. The number of nitrogens with zero attached hydrogens (tertiary/aromatic N) is 3. The van der Waals surface area contributed by atoms with Crippen LogP contribution in [0.4, 0.5) is 13.2 Å². The van der Waals surface area contributed by atoms with Gasteiger partial charge in [0.1, 0.15) is 0 Å². The number of likely N-dealkylation sites (tertiary alicyclic amines) is 1. The van der Waals surface area contributed by atoms with Gasteiger partial charge >= 0.3 is 6.18 Å². The molecule has 1 aliphatic heterocycles. The molecule has 2 unspecified atom stereocenters. The van der Waals surface area contributed by atoms with E-state index in [4.69, 9.17) is 0 Å². The van der Waals surface area contributed by atoms with Crippen LogP contribution in [0.15, 0.2) is 6.07 Å². The van der Waals surface area contributed by atoms with Crippen LogP contribution in [0.25, 0.3) is 0 Å². The van der Waals surface area contributed by atoms with E-state index in [1.54, 1.807) is 13.8 Å². The van der Waals surface area contributed by atoms with Crippen molar-refractivity contribution in [3.8, 4) is 0 Å². The lowest BCUT2D eigenvalue weighted by Gasteiger charge is -2.18. The van der Waals surface area contributed by atoms with Crippen molar-refractivity contribution >= 4 is 0 Å². The molecular weight excluding hydrogens is 283 g/mol. The molecule has 4 nitrogen and oxygen atoms in total. The first-order chi connectivity index (χ1) is 9.77. The first-order valence-electron chi connectivity index (χ1n) is 7.31. The molecule has 21 heavy (non-hydrogen) atoms. The van der Waals surface area contributed by atoms with Crippen LogP contribution >= 0.6 is 0 Å². The van der Waals surface area contributed by atoms with Crippen molar-refractivity contribution in [3.63, 3.8) is 0 Å². The zero-order valence-corrected chi connectivity index (χ0v) is 13.0. The zero-order chi connectivity index (χ0) is 16.2. The highest BCUT2D eigenvalue weighted by molar-refractivity contribution is 5.13. The largest absolute Gasteiger partial charge is 0.435 e. The molecule has 122 valence electrons. The highest BCUT2D eigenvalue weighted by Crippen LogP contribution is 2.31. The van der Waals surface area contributed by atoms with E-state index in [0.717, 1.165) is 19.0 Å². The zero-order valence-electron chi connectivity index (χ0n) is 13.0. The third-order valence-electron chi connectivity index (χ3n) is 3.33. The maximum absolute atomic E-state index is 12.6. The molecule has 0 bridgehead atoms. The van der Waals surface area contributed by atoms with Crippen molar-refractivity contribution in [1.29, 1.82) is 0 Å². The molecule has 2 atom stereocenters. The molecule has 2 heterocycles. The fraction of sp³-hybridized carbons (Fsp3) is 0.786. The Kier molecular flexibility index (Phi) is 6.22. The number of halogens is 3. The first-order valence-corrected chi connectivity index (χ1v) is 7.31. The Balaban J connectivity index is 0.00000106. The molecule has 0 aromatic carbocycles. The Labute approximate surface area is 123 Å². The lowest BCUT2D eigenvalue weighted by Crippen LogP contribution is -2.29. The second kappa shape index (κ2) is 7.26. The van der Waals surface area contributed by atoms with Gasteiger partial charge in [0, 0.05) is 25.3 Å². The van der Waals surface area contributed by atoms with Crippen LogP contribution in [0, 0.1) is 6.92 Å². The fourth-order valence-electron chi connectivity index (χ4n) is 2.55. The van der Waals surface area contributed by atoms with E-state index in [-0.39, 0.29) is 6.04 Å². The van der Waals surface area contributed by atoms with Gasteiger partial charge in [0.25, 0.3) is 0 Å². The van der Waals surface area contributed by atoms with Gasteiger partial charge in [0.15, 0.2) is 5.69 Å². The van der Waals surface area contributed by atoms with Crippen LogP contribution in [0.5, 0.6) is 0 Å². The predicted octanol–water partition coefficient (Wildman–Crippen LogP) is 2.86. The molecular formula is C14H24F3N3O. The first kappa shape index (κ1) is 18.0. The van der Waals surface area contributed by atoms with Gasteiger partial charge in [-0.05, 0) is 26.3 Å². The Morgan fingerprint density at radius 2 is 2.05 bits per heavy atom. The molecule has 1 saturated heterocycles. The second-order valence-electron chi connectivity index (χ2n) is 5.16. The standard InChI is InChI=1S/C12H18F3N3O.C2H6/c1-8-5-11(12(13,14)15)16-18(8)10-3-4-17(7-10)6-9(2)19;1-2/h5,9-10,19H,3-4,6-7H2,1-2H3;1-2H3. The van der Waals surface area contributed by atoms with Gasteiger partial charge in [-0.1, -0.05) is 13.8 Å². The van der Waals surface area contributed by atoms with Gasteiger partial charge < -0.3 is 5.11 Å². The highest BCUT2D eigenvalue weighted by atomic mass is 19.4. The number of hydrogen-bond acceptors (Lipinski definition) is 3. The molecule has 1 aliphatic rings. The van der Waals surface area contributed by atoms with Crippen molar-refractivity contribution < 1.29 is 18.3 Å². The summed E-state index contributed by atoms with van der Waals surface area (Å²) >= 11 is 0. The van der Waals surface area contributed by atoms with E-state index in [0.29, 0.717) is 18.8 Å². The van der Waals surface area contributed by atoms with Gasteiger partial charge in [-0.3, -0.25) is 9.58 Å². The summed E-state index contributed by atoms with van der Waals surface area (Å²) in [5, 5.41) is 13.0. The monoisotopic (exact) mass is 307 g/mol. The van der Waals surface area contributed by atoms with Crippen molar-refractivity contribution in [2.45, 2.75) is 52.4 Å². The molecule has 1 aromatic rings. The molecule has 2 rings (SSSR count). The molecule has 0 spiro atoms. The van der Waals surface area contributed by atoms with Crippen LogP contribution in [-0.4, -0.2) is 45.5 Å². The third-order valence-corrected chi connectivity index (χ3v) is 3.33. The topological polar surface area (TPSA) is 41.3 Å². The van der Waals surface area contributed by atoms with E-state index >= 15 is 0 Å². The molecule has 1 aromatic heterocycles. The summed E-state index contributed by atoms with van der Waals surface area (Å²) in [6.45, 7) is 9.29. The quantitative estimate of drug-likeness (QED) is 0.933. The fourth-order valence-corrected chi connectivity index (χ4v) is 2.55. The predicted molar refractivity (Wildman–Crippen MR) is 75.1 cm³/mol. The SMILES string of the molecule is CC.Cc1cc(C(F)(F)F)nn1C1CCN(CC(C)O)C1. The number of β-amino-alcohol motifs (C(OH)–C–C–N with tert-alkyl or cyclic N) is 1. The molecule has 0 amide bonds. The minimum atomic E-state index is -4.39. The number of aromatic nitrogens is 2. The van der Waals surface area contributed by atoms with E-state index < -0.39 is 18.0 Å². The Hall–Kier alpha value is -1.08. The van der Waals surface area contributed by atoms with Crippen molar-refractivity contribution in [1.82, 2.24) is 14.7 Å². The third kappa shape index (κ3) is 4.71. The number of aryl methyl sites for hydroxylation is 1. The van der Waals surface area contributed by atoms with Crippen molar-refractivity contribution in [2.75, 3.05) is 19.6 Å². The average molecular weight is 307 g/mol. The molecule has 1 N–H and O–H groups in total. The van der Waals surface area contributed by atoms with E-state index in [2.05, 4.69) is 5.10 Å². The minimum absolute atomic E-state index is 0.0464. The molecule has 1 fully saturated rings. The lowest BCUT2D eigenvalue weighted by atomic mass is 10.2. The number of aliphatic hydroxyl groups excluding tert-OH is 1. The number of alkyl halides is 3. The van der Waals surface area contributed by atoms with Crippen LogP contribution < -0.4 is 0 Å². The normalized spacial score (nSPS) is 21.0. The van der Waals surface area contributed by atoms with Crippen LogP contribution in [0.3, 0.4) is 0 Å². The minimum Gasteiger partial charge on any atom is -0.392 e. The van der Waals surface area contributed by atoms with E-state index in [1.165, 1.54) is 4.68 Å². The molecule has 7 heteroatoms. The maximum Gasteiger partial charge on any atom is 0.435 e. The summed E-state index contributed by atoms with van der Waals surface area (Å²) in [6, 6.07) is 1.03. The lowest BCUT2D eigenvalue weighted by molar-refractivity contribution is -0.141. The summed E-state index contributed by atoms with van der Waals surface area (Å²) < 4.78 is 39.3. The summed E-state index contributed by atoms with van der Waals surface area (Å²) in [6.07, 6.45) is -4.07. The van der Waals surface area contributed by atoms with Crippen molar-refractivity contribution in [2.24, 2.45) is 0 Å². The van der Waals surface area contributed by atoms with Gasteiger partial charge in [-0.25, -0.2) is 0 Å². The Morgan fingerprint density at radius 1 is 1.43 bits per heavy atom. The van der Waals surface area contributed by atoms with Crippen LogP contribution in [0.2, 0.25) is 0 Å². The average Bonchev–Trinajstić information content (AvgIpc) is 2.97. The maximum atomic E-state index is 12.6. The van der Waals surface area contributed by atoms with Crippen molar-refractivity contribution in [3.05, 3.63) is 17.5 Å². The van der Waals surface area contributed by atoms with E-state index in [9.17, 15) is 18.3 Å². The smallest absolute Gasteiger partial charge is 0.392 e. The second-order valence-corrected chi connectivity index (χ2v) is 5.16. The van der Waals surface area contributed by atoms with Crippen LogP contribution in [-0.2, 0) is 6.18 Å². The number of rotatable bonds is 3. The van der Waals surface area contributed by atoms with Crippen LogP contribution in [0.1, 0.15) is 44.6 Å². The summed E-state index contributed by atoms with van der Waals surface area (Å²) in [5.41, 5.74) is -0.310. The Morgan fingerprint density at radius 3 is 2.52 bits per heavy atom. The molecule has 0 aliphatic carbocycles. The van der Waals surface area contributed by atoms with Gasteiger partial charge in [0.2, 0.25) is 0 Å². The van der Waals surface area contributed by atoms with Gasteiger partial charge in [-0.2, -0.15) is 18.3 Å². The van der Waals surface area contributed by atoms with Gasteiger partial charge in [-0.15, -0.1) is 0 Å². The highest BCUT2D eigenvalue weighted by Gasteiger charge is 2.36.